The van der Waals surface area contributed by atoms with E-state index in [-0.39, 0.29) is 34.8 Å². The molecule has 2 atom stereocenters. The van der Waals surface area contributed by atoms with E-state index in [1.165, 1.54) is 6.33 Å². The highest BCUT2D eigenvalue weighted by atomic mass is 16.5. The summed E-state index contributed by atoms with van der Waals surface area (Å²) in [6.45, 7) is 6.50. The highest BCUT2D eigenvalue weighted by molar-refractivity contribution is 6.06. The third-order valence-electron chi connectivity index (χ3n) is 3.59. The summed E-state index contributed by atoms with van der Waals surface area (Å²) in [4.78, 5) is 32.9. The van der Waals surface area contributed by atoms with Gasteiger partial charge >= 0.3 is 0 Å². The molecule has 7 nitrogen and oxygen atoms in total. The second-order valence-corrected chi connectivity index (χ2v) is 5.41. The molecule has 0 aromatic carbocycles. The molecule has 21 heavy (non-hydrogen) atoms. The number of H-pyrrole nitrogens is 1. The predicted octanol–water partition coefficient (Wildman–Crippen LogP) is 1.07. The number of fused-ring (bicyclic) bond motifs is 1. The zero-order chi connectivity index (χ0) is 15.1. The number of hydrogen-bond donors (Lipinski definition) is 1. The number of aromatic amines is 1. The topological polar surface area (TPSA) is 88.4 Å². The van der Waals surface area contributed by atoms with Crippen molar-refractivity contribution < 1.29 is 13.9 Å². The maximum Gasteiger partial charge on any atom is 0.262 e. The lowest BCUT2D eigenvalue weighted by Gasteiger charge is -2.35. The molecule has 0 unspecified atom stereocenters. The largest absolute Gasteiger partial charge is 0.442 e. The lowest BCUT2D eigenvalue weighted by molar-refractivity contribution is -0.0586. The number of nitrogens with one attached hydrogen (secondary N) is 1. The minimum Gasteiger partial charge on any atom is -0.442 e. The highest BCUT2D eigenvalue weighted by Crippen LogP contribution is 2.23. The van der Waals surface area contributed by atoms with E-state index in [2.05, 4.69) is 9.97 Å². The molecular weight excluding hydrogens is 274 g/mol. The van der Waals surface area contributed by atoms with E-state index in [0.717, 1.165) is 0 Å². The first-order valence-electron chi connectivity index (χ1n) is 6.89. The van der Waals surface area contributed by atoms with Gasteiger partial charge in [0.25, 0.3) is 11.5 Å². The Morgan fingerprint density at radius 3 is 2.71 bits per heavy atom. The molecule has 1 aliphatic heterocycles. The number of furan rings is 1. The Kier molecular flexibility index (Phi) is 3.29. The van der Waals surface area contributed by atoms with Gasteiger partial charge in [0.15, 0.2) is 0 Å². The second kappa shape index (κ2) is 5.00. The van der Waals surface area contributed by atoms with Gasteiger partial charge in [-0.3, -0.25) is 9.59 Å². The van der Waals surface area contributed by atoms with Crippen LogP contribution >= 0.6 is 0 Å². The summed E-state index contributed by atoms with van der Waals surface area (Å²) in [5.41, 5.74) is 0.115. The number of nitrogens with zero attached hydrogens (tertiary/aromatic N) is 2. The molecule has 7 heteroatoms. The van der Waals surface area contributed by atoms with Crippen molar-refractivity contribution in [1.82, 2.24) is 14.9 Å². The molecule has 0 aliphatic carbocycles. The quantitative estimate of drug-likeness (QED) is 0.849. The van der Waals surface area contributed by atoms with Gasteiger partial charge in [-0.25, -0.2) is 4.98 Å². The molecule has 1 N–H and O–H groups in total. The van der Waals surface area contributed by atoms with Crippen LogP contribution < -0.4 is 5.56 Å². The van der Waals surface area contributed by atoms with Gasteiger partial charge in [0.1, 0.15) is 11.1 Å². The fourth-order valence-electron chi connectivity index (χ4n) is 2.81. The van der Waals surface area contributed by atoms with Crippen molar-refractivity contribution in [3.8, 4) is 0 Å². The van der Waals surface area contributed by atoms with Crippen molar-refractivity contribution in [2.45, 2.75) is 33.0 Å². The fourth-order valence-corrected chi connectivity index (χ4v) is 2.81. The SMILES string of the molecule is Cc1oc2nc[nH]c(=O)c2c1C(=O)N1C[C@H](C)O[C@@H](C)C1. The molecule has 0 spiro atoms. The Labute approximate surface area is 120 Å². The molecule has 0 bridgehead atoms. The smallest absolute Gasteiger partial charge is 0.262 e. The minimum atomic E-state index is -0.366. The zero-order valence-corrected chi connectivity index (χ0v) is 12.2. The van der Waals surface area contributed by atoms with Crippen molar-refractivity contribution in [1.29, 1.82) is 0 Å². The molecule has 1 saturated heterocycles. The van der Waals surface area contributed by atoms with Gasteiger partial charge in [-0.05, 0) is 20.8 Å². The first-order chi connectivity index (χ1) is 9.97. The van der Waals surface area contributed by atoms with Crippen LogP contribution in [-0.2, 0) is 4.74 Å². The molecule has 112 valence electrons. The van der Waals surface area contributed by atoms with E-state index in [1.807, 2.05) is 13.8 Å². The second-order valence-electron chi connectivity index (χ2n) is 5.41. The fraction of sp³-hybridized carbons (Fsp3) is 0.500. The number of hydrogen-bond acceptors (Lipinski definition) is 5. The number of aromatic nitrogens is 2. The molecule has 2 aromatic heterocycles. The van der Waals surface area contributed by atoms with E-state index < -0.39 is 0 Å². The molecule has 3 rings (SSSR count). The van der Waals surface area contributed by atoms with Crippen molar-refractivity contribution >= 4 is 17.0 Å². The third-order valence-corrected chi connectivity index (χ3v) is 3.59. The van der Waals surface area contributed by atoms with Crippen molar-refractivity contribution in [2.24, 2.45) is 0 Å². The Hall–Kier alpha value is -2.15. The van der Waals surface area contributed by atoms with Gasteiger partial charge in [0.2, 0.25) is 5.71 Å². The van der Waals surface area contributed by atoms with E-state index in [4.69, 9.17) is 9.15 Å². The van der Waals surface area contributed by atoms with Crippen molar-refractivity contribution in [2.75, 3.05) is 13.1 Å². The van der Waals surface area contributed by atoms with Gasteiger partial charge < -0.3 is 19.0 Å². The van der Waals surface area contributed by atoms with Crippen LogP contribution in [0, 0.1) is 6.92 Å². The third kappa shape index (κ3) is 2.33. The molecule has 1 fully saturated rings. The van der Waals surface area contributed by atoms with E-state index in [9.17, 15) is 9.59 Å². The van der Waals surface area contributed by atoms with Crippen LogP contribution in [-0.4, -0.2) is 46.1 Å². The summed E-state index contributed by atoms with van der Waals surface area (Å²) in [6.07, 6.45) is 1.20. The molecule has 1 aliphatic rings. The number of rotatable bonds is 1. The van der Waals surface area contributed by atoms with Crippen LogP contribution in [0.5, 0.6) is 0 Å². The number of carbonyl (C=O) groups excluding carboxylic acids is 1. The van der Waals surface area contributed by atoms with Gasteiger partial charge in [0, 0.05) is 13.1 Å². The monoisotopic (exact) mass is 291 g/mol. The zero-order valence-electron chi connectivity index (χ0n) is 12.2. The van der Waals surface area contributed by atoms with Gasteiger partial charge in [-0.15, -0.1) is 0 Å². The summed E-state index contributed by atoms with van der Waals surface area (Å²) in [7, 11) is 0. The molecule has 0 radical (unpaired) electrons. The van der Waals surface area contributed by atoms with Crippen LogP contribution in [0.25, 0.3) is 11.1 Å². The van der Waals surface area contributed by atoms with E-state index >= 15 is 0 Å². The summed E-state index contributed by atoms with van der Waals surface area (Å²) in [6, 6.07) is 0. The Bertz CT molecular complexity index is 738. The average molecular weight is 291 g/mol. The average Bonchev–Trinajstić information content (AvgIpc) is 2.74. The summed E-state index contributed by atoms with van der Waals surface area (Å²) in [5, 5.41) is 0.215. The van der Waals surface area contributed by atoms with Gasteiger partial charge in [-0.1, -0.05) is 0 Å². The maximum atomic E-state index is 12.8. The van der Waals surface area contributed by atoms with Crippen LogP contribution in [0.3, 0.4) is 0 Å². The Morgan fingerprint density at radius 1 is 1.38 bits per heavy atom. The number of ether oxygens (including phenoxy) is 1. The van der Waals surface area contributed by atoms with E-state index in [0.29, 0.717) is 24.4 Å². The number of morpholine rings is 1. The maximum absolute atomic E-state index is 12.8. The van der Waals surface area contributed by atoms with Crippen LogP contribution in [0.4, 0.5) is 0 Å². The van der Waals surface area contributed by atoms with Crippen LogP contribution in [0.15, 0.2) is 15.5 Å². The van der Waals surface area contributed by atoms with Crippen molar-refractivity contribution in [3.05, 3.63) is 28.0 Å². The standard InChI is InChI=1S/C14H17N3O4/c1-7-4-17(5-8(2)20-7)14(19)10-9(3)21-13-11(10)12(18)15-6-16-13/h6-8H,4-5H2,1-3H3,(H,15,16,18)/t7-,8-/m0/s1. The Morgan fingerprint density at radius 2 is 2.05 bits per heavy atom. The highest BCUT2D eigenvalue weighted by Gasteiger charge is 2.31. The molecule has 2 aromatic rings. The summed E-state index contributed by atoms with van der Waals surface area (Å²) >= 11 is 0. The summed E-state index contributed by atoms with van der Waals surface area (Å²) in [5.74, 6) is 0.192. The number of amides is 1. The van der Waals surface area contributed by atoms with Crippen molar-refractivity contribution in [3.63, 3.8) is 0 Å². The molecule has 0 saturated carbocycles. The lowest BCUT2D eigenvalue weighted by Crippen LogP contribution is -2.48. The first-order valence-corrected chi connectivity index (χ1v) is 6.89. The Balaban J connectivity index is 2.06. The van der Waals surface area contributed by atoms with Crippen LogP contribution in [0.2, 0.25) is 0 Å². The number of carbonyl (C=O) groups is 1. The number of aryl methyl sites for hydroxylation is 1. The normalized spacial score (nSPS) is 22.7. The molecule has 3 heterocycles. The van der Waals surface area contributed by atoms with Crippen LogP contribution in [0.1, 0.15) is 30.0 Å². The summed E-state index contributed by atoms with van der Waals surface area (Å²) < 4.78 is 11.1. The minimum absolute atomic E-state index is 0.0346. The van der Waals surface area contributed by atoms with E-state index in [1.54, 1.807) is 11.8 Å². The van der Waals surface area contributed by atoms with Gasteiger partial charge in [-0.2, -0.15) is 0 Å². The van der Waals surface area contributed by atoms with Gasteiger partial charge in [0.05, 0.1) is 24.1 Å². The molecule has 1 amide bonds. The molecular formula is C14H17N3O4. The lowest BCUT2D eigenvalue weighted by atomic mass is 10.1. The first kappa shape index (κ1) is 13.8. The predicted molar refractivity (Wildman–Crippen MR) is 75.3 cm³/mol.